The average Bonchev–Trinajstić information content (AvgIpc) is 2.61. The van der Waals surface area contributed by atoms with Crippen LogP contribution in [-0.2, 0) is 16.1 Å². The van der Waals surface area contributed by atoms with E-state index in [4.69, 9.17) is 16.3 Å². The van der Waals surface area contributed by atoms with E-state index in [0.717, 1.165) is 5.56 Å². The van der Waals surface area contributed by atoms with Gasteiger partial charge in [0.05, 0.1) is 5.69 Å². The van der Waals surface area contributed by atoms with Gasteiger partial charge in [0, 0.05) is 18.1 Å². The van der Waals surface area contributed by atoms with Crippen LogP contribution in [0.4, 0.5) is 5.69 Å². The second-order valence-corrected chi connectivity index (χ2v) is 6.40. The minimum absolute atomic E-state index is 0.263. The van der Waals surface area contributed by atoms with Crippen molar-refractivity contribution in [2.45, 2.75) is 26.0 Å². The van der Waals surface area contributed by atoms with Crippen molar-refractivity contribution in [1.82, 2.24) is 5.32 Å². The number of nitrogens with one attached hydrogen (secondary N) is 1. The zero-order valence-electron chi connectivity index (χ0n) is 14.1. The minimum atomic E-state index is -1.61. The summed E-state index contributed by atoms with van der Waals surface area (Å²) in [6, 6.07) is 14.4. The number of para-hydroxylation sites is 2. The third-order valence-corrected chi connectivity index (χ3v) is 4.45. The average molecular weight is 359 g/mol. The number of amides is 2. The van der Waals surface area contributed by atoms with Gasteiger partial charge in [-0.25, -0.2) is 0 Å². The van der Waals surface area contributed by atoms with Gasteiger partial charge in [0.15, 0.2) is 0 Å². The van der Waals surface area contributed by atoms with Crippen molar-refractivity contribution in [3.05, 3.63) is 59.1 Å². The highest BCUT2D eigenvalue weighted by molar-refractivity contribution is 6.30. The number of nitrogens with zero attached hydrogens (tertiary/aromatic N) is 1. The maximum Gasteiger partial charge on any atom is 0.280 e. The molecule has 2 aromatic rings. The Hall–Kier alpha value is -2.53. The molecule has 0 saturated heterocycles. The van der Waals surface area contributed by atoms with E-state index < -0.39 is 11.5 Å². The molecular formula is C19H19ClN2O3. The highest BCUT2D eigenvalue weighted by Crippen LogP contribution is 2.37. The van der Waals surface area contributed by atoms with Crippen LogP contribution in [0.5, 0.6) is 5.75 Å². The molecule has 25 heavy (non-hydrogen) atoms. The van der Waals surface area contributed by atoms with Crippen LogP contribution in [0.1, 0.15) is 19.4 Å². The highest BCUT2D eigenvalue weighted by Gasteiger charge is 2.50. The van der Waals surface area contributed by atoms with Crippen LogP contribution in [0, 0.1) is 0 Å². The molecule has 5 nitrogen and oxygen atoms in total. The summed E-state index contributed by atoms with van der Waals surface area (Å²) in [6.07, 6.45) is 0. The first-order valence-electron chi connectivity index (χ1n) is 8.08. The van der Waals surface area contributed by atoms with Gasteiger partial charge >= 0.3 is 0 Å². The van der Waals surface area contributed by atoms with E-state index >= 15 is 0 Å². The van der Waals surface area contributed by atoms with E-state index in [9.17, 15) is 9.59 Å². The lowest BCUT2D eigenvalue weighted by atomic mass is 9.99. The number of hydrogen-bond acceptors (Lipinski definition) is 3. The lowest BCUT2D eigenvalue weighted by Gasteiger charge is -2.39. The van der Waals surface area contributed by atoms with Crippen LogP contribution >= 0.6 is 11.6 Å². The summed E-state index contributed by atoms with van der Waals surface area (Å²) in [5.41, 5.74) is -0.0845. The molecule has 1 aliphatic rings. The number of benzene rings is 2. The summed E-state index contributed by atoms with van der Waals surface area (Å²) >= 11 is 5.96. The Morgan fingerprint density at radius 3 is 2.72 bits per heavy atom. The Kier molecular flexibility index (Phi) is 4.68. The van der Waals surface area contributed by atoms with Crippen LogP contribution < -0.4 is 15.0 Å². The summed E-state index contributed by atoms with van der Waals surface area (Å²) < 4.78 is 5.81. The van der Waals surface area contributed by atoms with Crippen LogP contribution in [0.2, 0.25) is 5.02 Å². The maximum absolute atomic E-state index is 12.9. The summed E-state index contributed by atoms with van der Waals surface area (Å²) in [5, 5.41) is 3.36. The Morgan fingerprint density at radius 1 is 1.24 bits per heavy atom. The van der Waals surface area contributed by atoms with E-state index in [1.807, 2.05) is 31.2 Å². The molecule has 0 bridgehead atoms. The smallest absolute Gasteiger partial charge is 0.280 e. The van der Waals surface area contributed by atoms with Gasteiger partial charge < -0.3 is 15.0 Å². The molecule has 1 N–H and O–H groups in total. The predicted molar refractivity (Wildman–Crippen MR) is 96.8 cm³/mol. The van der Waals surface area contributed by atoms with Crippen molar-refractivity contribution in [2.24, 2.45) is 0 Å². The maximum atomic E-state index is 12.9. The van der Waals surface area contributed by atoms with Crippen molar-refractivity contribution >= 4 is 29.1 Å². The van der Waals surface area contributed by atoms with Gasteiger partial charge in [-0.05, 0) is 43.7 Å². The molecule has 1 heterocycles. The normalized spacial score (nSPS) is 19.2. The van der Waals surface area contributed by atoms with E-state index in [2.05, 4.69) is 5.32 Å². The second-order valence-electron chi connectivity index (χ2n) is 5.97. The Balaban J connectivity index is 1.82. The molecule has 1 aliphatic heterocycles. The largest absolute Gasteiger partial charge is 0.466 e. The Morgan fingerprint density at radius 2 is 2.00 bits per heavy atom. The van der Waals surface area contributed by atoms with E-state index in [1.54, 1.807) is 29.2 Å². The molecule has 0 aromatic heterocycles. The summed E-state index contributed by atoms with van der Waals surface area (Å²) in [4.78, 5) is 27.2. The van der Waals surface area contributed by atoms with E-state index in [0.29, 0.717) is 23.0 Å². The van der Waals surface area contributed by atoms with Crippen LogP contribution in [-0.4, -0.2) is 24.0 Å². The van der Waals surface area contributed by atoms with Crippen LogP contribution in [0.25, 0.3) is 0 Å². The van der Waals surface area contributed by atoms with Crippen molar-refractivity contribution in [3.63, 3.8) is 0 Å². The van der Waals surface area contributed by atoms with Gasteiger partial charge in [0.2, 0.25) is 0 Å². The zero-order chi connectivity index (χ0) is 18.0. The summed E-state index contributed by atoms with van der Waals surface area (Å²) in [7, 11) is 0. The van der Waals surface area contributed by atoms with Gasteiger partial charge in [-0.3, -0.25) is 9.59 Å². The Bertz CT molecular complexity index is 824. The number of halogens is 1. The number of likely N-dealkylation sites (N-methyl/N-ethyl adjacent to an activating group) is 1. The molecule has 0 saturated carbocycles. The number of carbonyl (C=O) groups excluding carboxylic acids is 2. The molecule has 0 spiro atoms. The van der Waals surface area contributed by atoms with Gasteiger partial charge in [0.1, 0.15) is 5.75 Å². The summed E-state index contributed by atoms with van der Waals surface area (Å²) in [6.45, 7) is 4.08. The number of hydrogen-bond donors (Lipinski definition) is 1. The van der Waals surface area contributed by atoms with Crippen molar-refractivity contribution in [3.8, 4) is 5.75 Å². The highest BCUT2D eigenvalue weighted by atomic mass is 35.5. The van der Waals surface area contributed by atoms with Crippen LogP contribution in [0.3, 0.4) is 0 Å². The predicted octanol–water partition coefficient (Wildman–Crippen LogP) is 3.16. The van der Waals surface area contributed by atoms with Gasteiger partial charge in [0.25, 0.3) is 17.4 Å². The zero-order valence-corrected chi connectivity index (χ0v) is 14.8. The molecule has 130 valence electrons. The topological polar surface area (TPSA) is 58.6 Å². The minimum Gasteiger partial charge on any atom is -0.466 e. The third-order valence-electron chi connectivity index (χ3n) is 4.22. The SMILES string of the molecule is CCN1C(=O)C(C)(C(=O)NCc2cccc(Cl)c2)Oc2ccccc21. The molecule has 6 heteroatoms. The molecule has 1 atom stereocenters. The standard InChI is InChI=1S/C19H19ClN2O3/c1-3-22-15-9-4-5-10-16(15)25-19(2,18(22)24)17(23)21-12-13-7-6-8-14(20)11-13/h4-11H,3,12H2,1-2H3,(H,21,23). The van der Waals surface area contributed by atoms with Gasteiger partial charge in [-0.15, -0.1) is 0 Å². The molecule has 3 rings (SSSR count). The molecule has 0 fully saturated rings. The first kappa shape index (κ1) is 17.3. The molecule has 0 aliphatic carbocycles. The van der Waals surface area contributed by atoms with Gasteiger partial charge in [-0.1, -0.05) is 35.9 Å². The van der Waals surface area contributed by atoms with Crippen LogP contribution in [0.15, 0.2) is 48.5 Å². The third kappa shape index (κ3) is 3.20. The molecule has 0 radical (unpaired) electrons. The Labute approximate surface area is 151 Å². The van der Waals surface area contributed by atoms with Crippen molar-refractivity contribution < 1.29 is 14.3 Å². The second kappa shape index (κ2) is 6.76. The fourth-order valence-electron chi connectivity index (χ4n) is 2.85. The number of carbonyl (C=O) groups is 2. The number of anilines is 1. The number of ether oxygens (including phenoxy) is 1. The molecule has 1 unspecified atom stereocenters. The lowest BCUT2D eigenvalue weighted by Crippen LogP contribution is -2.62. The van der Waals surface area contributed by atoms with Gasteiger partial charge in [-0.2, -0.15) is 0 Å². The molecule has 2 aromatic carbocycles. The first-order valence-corrected chi connectivity index (χ1v) is 8.46. The summed E-state index contributed by atoms with van der Waals surface area (Å²) in [5.74, 6) is -0.341. The lowest BCUT2D eigenvalue weighted by molar-refractivity contribution is -0.148. The fourth-order valence-corrected chi connectivity index (χ4v) is 3.07. The monoisotopic (exact) mass is 358 g/mol. The van der Waals surface area contributed by atoms with E-state index in [1.165, 1.54) is 6.92 Å². The first-order chi connectivity index (χ1) is 12.0. The quantitative estimate of drug-likeness (QED) is 0.854. The molecular weight excluding hydrogens is 340 g/mol. The molecule has 2 amide bonds. The number of fused-ring (bicyclic) bond motifs is 1. The van der Waals surface area contributed by atoms with Crippen molar-refractivity contribution in [1.29, 1.82) is 0 Å². The van der Waals surface area contributed by atoms with E-state index in [-0.39, 0.29) is 12.5 Å². The number of rotatable bonds is 4. The fraction of sp³-hybridized carbons (Fsp3) is 0.263. The van der Waals surface area contributed by atoms with Crippen molar-refractivity contribution in [2.75, 3.05) is 11.4 Å².